The molecule has 0 spiro atoms. The standard InChI is InChI=1S/C12H17N3O3/c1-9(17)13-10-4-3-5-11(8-10)14-12(18)15(2)6-7-16/h3-5,8,16H,6-7H2,1-2H3,(H,13,17)(H,14,18). The van der Waals surface area contributed by atoms with Crippen molar-refractivity contribution in [3.8, 4) is 0 Å². The molecule has 0 saturated carbocycles. The first-order chi connectivity index (χ1) is 8.52. The van der Waals surface area contributed by atoms with Crippen molar-refractivity contribution >= 4 is 23.3 Å². The van der Waals surface area contributed by atoms with Crippen molar-refractivity contribution in [2.75, 3.05) is 30.8 Å². The number of urea groups is 1. The number of rotatable bonds is 4. The Morgan fingerprint density at radius 3 is 2.44 bits per heavy atom. The number of amides is 3. The van der Waals surface area contributed by atoms with Gasteiger partial charge in [0.1, 0.15) is 0 Å². The van der Waals surface area contributed by atoms with Crippen molar-refractivity contribution in [1.82, 2.24) is 4.90 Å². The van der Waals surface area contributed by atoms with Crippen LogP contribution in [0.5, 0.6) is 0 Å². The van der Waals surface area contributed by atoms with Gasteiger partial charge >= 0.3 is 6.03 Å². The van der Waals surface area contributed by atoms with Crippen LogP contribution in [0.3, 0.4) is 0 Å². The van der Waals surface area contributed by atoms with Crippen LogP contribution >= 0.6 is 0 Å². The van der Waals surface area contributed by atoms with Crippen LogP contribution < -0.4 is 10.6 Å². The summed E-state index contributed by atoms with van der Waals surface area (Å²) in [6, 6.07) is 6.52. The molecule has 98 valence electrons. The third-order valence-corrected chi connectivity index (χ3v) is 2.22. The second kappa shape index (κ2) is 6.61. The maximum atomic E-state index is 11.7. The number of hydrogen-bond donors (Lipinski definition) is 3. The van der Waals surface area contributed by atoms with Crippen LogP contribution in [0.2, 0.25) is 0 Å². The molecule has 0 radical (unpaired) electrons. The van der Waals surface area contributed by atoms with Gasteiger partial charge < -0.3 is 20.6 Å². The Morgan fingerprint density at radius 1 is 1.28 bits per heavy atom. The molecule has 0 aliphatic rings. The van der Waals surface area contributed by atoms with E-state index in [0.717, 1.165) is 0 Å². The quantitative estimate of drug-likeness (QED) is 0.749. The van der Waals surface area contributed by atoms with Crippen LogP contribution in [0.1, 0.15) is 6.92 Å². The summed E-state index contributed by atoms with van der Waals surface area (Å²) >= 11 is 0. The number of hydrogen-bond acceptors (Lipinski definition) is 3. The lowest BCUT2D eigenvalue weighted by molar-refractivity contribution is -0.114. The molecule has 6 nitrogen and oxygen atoms in total. The van der Waals surface area contributed by atoms with E-state index in [-0.39, 0.29) is 25.1 Å². The molecule has 1 aromatic carbocycles. The van der Waals surface area contributed by atoms with Crippen molar-refractivity contribution in [3.05, 3.63) is 24.3 Å². The molecule has 0 aliphatic heterocycles. The monoisotopic (exact) mass is 251 g/mol. The summed E-state index contributed by atoms with van der Waals surface area (Å²) in [5.74, 6) is -0.170. The van der Waals surface area contributed by atoms with Crippen molar-refractivity contribution in [3.63, 3.8) is 0 Å². The summed E-state index contributed by atoms with van der Waals surface area (Å²) in [5.41, 5.74) is 1.20. The highest BCUT2D eigenvalue weighted by molar-refractivity contribution is 5.92. The summed E-state index contributed by atoms with van der Waals surface area (Å²) in [6.45, 7) is 1.59. The molecule has 1 aromatic rings. The number of nitrogens with zero attached hydrogens (tertiary/aromatic N) is 1. The molecule has 0 aliphatic carbocycles. The Balaban J connectivity index is 2.67. The van der Waals surface area contributed by atoms with Gasteiger partial charge in [0.25, 0.3) is 0 Å². The third-order valence-electron chi connectivity index (χ3n) is 2.22. The van der Waals surface area contributed by atoms with E-state index in [4.69, 9.17) is 5.11 Å². The summed E-state index contributed by atoms with van der Waals surface area (Å²) in [5, 5.41) is 14.0. The zero-order valence-electron chi connectivity index (χ0n) is 10.4. The molecule has 0 aromatic heterocycles. The summed E-state index contributed by atoms with van der Waals surface area (Å²) in [7, 11) is 1.59. The van der Waals surface area contributed by atoms with E-state index in [1.807, 2.05) is 0 Å². The van der Waals surface area contributed by atoms with Gasteiger partial charge in [-0.05, 0) is 18.2 Å². The number of aliphatic hydroxyl groups excluding tert-OH is 1. The van der Waals surface area contributed by atoms with Crippen LogP contribution in [0.15, 0.2) is 24.3 Å². The predicted molar refractivity (Wildman–Crippen MR) is 69.5 cm³/mol. The Morgan fingerprint density at radius 2 is 1.89 bits per heavy atom. The molecule has 0 heterocycles. The first-order valence-corrected chi connectivity index (χ1v) is 5.53. The average Bonchev–Trinajstić information content (AvgIpc) is 2.28. The highest BCUT2D eigenvalue weighted by atomic mass is 16.3. The van der Waals surface area contributed by atoms with Crippen molar-refractivity contribution in [2.24, 2.45) is 0 Å². The minimum absolute atomic E-state index is 0.0874. The number of carbonyl (C=O) groups excluding carboxylic acids is 2. The van der Waals surface area contributed by atoms with Gasteiger partial charge in [0.15, 0.2) is 0 Å². The van der Waals surface area contributed by atoms with Gasteiger partial charge in [-0.25, -0.2) is 4.79 Å². The minimum atomic E-state index is -0.316. The van der Waals surface area contributed by atoms with Crippen LogP contribution in [-0.4, -0.2) is 42.1 Å². The van der Waals surface area contributed by atoms with E-state index in [1.54, 1.807) is 31.3 Å². The van der Waals surface area contributed by atoms with Gasteiger partial charge in [-0.2, -0.15) is 0 Å². The van der Waals surface area contributed by atoms with E-state index in [9.17, 15) is 9.59 Å². The Bertz CT molecular complexity index is 434. The molecule has 0 saturated heterocycles. The fourth-order valence-corrected chi connectivity index (χ4v) is 1.35. The molecule has 0 fully saturated rings. The maximum Gasteiger partial charge on any atom is 0.321 e. The number of nitrogens with one attached hydrogen (secondary N) is 2. The summed E-state index contributed by atoms with van der Waals surface area (Å²) in [6.07, 6.45) is 0. The molecule has 3 amide bonds. The average molecular weight is 251 g/mol. The lowest BCUT2D eigenvalue weighted by Gasteiger charge is -2.16. The molecule has 0 unspecified atom stereocenters. The van der Waals surface area contributed by atoms with E-state index in [1.165, 1.54) is 11.8 Å². The lowest BCUT2D eigenvalue weighted by atomic mass is 10.2. The first-order valence-electron chi connectivity index (χ1n) is 5.53. The molecule has 0 bridgehead atoms. The molecule has 0 atom stereocenters. The highest BCUT2D eigenvalue weighted by Crippen LogP contribution is 2.15. The molecule has 1 rings (SSSR count). The van der Waals surface area contributed by atoms with Gasteiger partial charge in [0.05, 0.1) is 6.61 Å². The van der Waals surface area contributed by atoms with Gasteiger partial charge in [-0.1, -0.05) is 6.07 Å². The van der Waals surface area contributed by atoms with Gasteiger partial charge in [0.2, 0.25) is 5.91 Å². The number of carbonyl (C=O) groups is 2. The topological polar surface area (TPSA) is 81.7 Å². The number of benzene rings is 1. The normalized spacial score (nSPS) is 9.72. The second-order valence-corrected chi connectivity index (χ2v) is 3.84. The van der Waals surface area contributed by atoms with E-state index in [0.29, 0.717) is 11.4 Å². The number of likely N-dealkylation sites (N-methyl/N-ethyl adjacent to an activating group) is 1. The van der Waals surface area contributed by atoms with E-state index < -0.39 is 0 Å². The Hall–Kier alpha value is -2.08. The summed E-state index contributed by atoms with van der Waals surface area (Å²) < 4.78 is 0. The smallest absolute Gasteiger partial charge is 0.321 e. The SMILES string of the molecule is CC(=O)Nc1cccc(NC(=O)N(C)CCO)c1. The minimum Gasteiger partial charge on any atom is -0.395 e. The maximum absolute atomic E-state index is 11.7. The fourth-order valence-electron chi connectivity index (χ4n) is 1.35. The molecular formula is C12H17N3O3. The van der Waals surface area contributed by atoms with Gasteiger partial charge in [-0.15, -0.1) is 0 Å². The molecule has 18 heavy (non-hydrogen) atoms. The lowest BCUT2D eigenvalue weighted by Crippen LogP contribution is -2.33. The fraction of sp³-hybridized carbons (Fsp3) is 0.333. The predicted octanol–water partition coefficient (Wildman–Crippen LogP) is 1.10. The van der Waals surface area contributed by atoms with Crippen LogP contribution in [0, 0.1) is 0 Å². The molecular weight excluding hydrogens is 234 g/mol. The largest absolute Gasteiger partial charge is 0.395 e. The van der Waals surface area contributed by atoms with Gasteiger partial charge in [0, 0.05) is 31.9 Å². The highest BCUT2D eigenvalue weighted by Gasteiger charge is 2.08. The van der Waals surface area contributed by atoms with Crippen molar-refractivity contribution in [2.45, 2.75) is 6.92 Å². The zero-order chi connectivity index (χ0) is 13.5. The molecule has 6 heteroatoms. The number of anilines is 2. The number of aliphatic hydroxyl groups is 1. The van der Waals surface area contributed by atoms with Gasteiger partial charge in [-0.3, -0.25) is 4.79 Å². The van der Waals surface area contributed by atoms with Crippen LogP contribution in [0.4, 0.5) is 16.2 Å². The third kappa shape index (κ3) is 4.42. The van der Waals surface area contributed by atoms with E-state index in [2.05, 4.69) is 10.6 Å². The Labute approximate surface area is 106 Å². The Kier molecular flexibility index (Phi) is 5.13. The van der Waals surface area contributed by atoms with Crippen molar-refractivity contribution in [1.29, 1.82) is 0 Å². The van der Waals surface area contributed by atoms with Crippen LogP contribution in [-0.2, 0) is 4.79 Å². The first kappa shape index (κ1) is 14.0. The zero-order valence-corrected chi connectivity index (χ0v) is 10.4. The molecule has 3 N–H and O–H groups in total. The van der Waals surface area contributed by atoms with Crippen LogP contribution in [0.25, 0.3) is 0 Å². The second-order valence-electron chi connectivity index (χ2n) is 3.84. The summed E-state index contributed by atoms with van der Waals surface area (Å²) in [4.78, 5) is 23.9. The van der Waals surface area contributed by atoms with E-state index >= 15 is 0 Å². The van der Waals surface area contributed by atoms with Crippen molar-refractivity contribution < 1.29 is 14.7 Å².